The molecule has 0 aliphatic carbocycles. The number of amides is 2. The van der Waals surface area contributed by atoms with Crippen molar-refractivity contribution >= 4 is 34.3 Å². The van der Waals surface area contributed by atoms with Crippen LogP contribution >= 0.6 is 11.8 Å². The van der Waals surface area contributed by atoms with E-state index in [1.165, 1.54) is 6.07 Å². The van der Waals surface area contributed by atoms with Crippen LogP contribution in [-0.4, -0.2) is 51.9 Å². The first-order valence-electron chi connectivity index (χ1n) is 10.6. The highest BCUT2D eigenvalue weighted by Crippen LogP contribution is 2.45. The van der Waals surface area contributed by atoms with E-state index in [1.807, 2.05) is 52.3 Å². The van der Waals surface area contributed by atoms with Gasteiger partial charge in [0.05, 0.1) is 10.4 Å². The van der Waals surface area contributed by atoms with Gasteiger partial charge in [0, 0.05) is 31.0 Å². The Bertz CT molecular complexity index is 1150. The number of thioether (sulfide) groups is 1. The zero-order valence-electron chi connectivity index (χ0n) is 17.1. The number of carbonyl (C=O) groups is 2. The van der Waals surface area contributed by atoms with Gasteiger partial charge < -0.3 is 9.80 Å². The first-order chi connectivity index (χ1) is 15.1. The van der Waals surface area contributed by atoms with E-state index in [0.717, 1.165) is 16.5 Å². The SMILES string of the molecule is O=C(c1cccc2ccccc12)N1CCC2(CC1)SCCN2C(=O)c1ccccc1F. The van der Waals surface area contributed by atoms with Crippen molar-refractivity contribution in [2.75, 3.05) is 25.4 Å². The van der Waals surface area contributed by atoms with E-state index in [2.05, 4.69) is 0 Å². The van der Waals surface area contributed by atoms with E-state index >= 15 is 0 Å². The second-order valence-electron chi connectivity index (χ2n) is 8.05. The minimum atomic E-state index is -0.483. The molecule has 0 radical (unpaired) electrons. The molecule has 2 fully saturated rings. The number of piperidine rings is 1. The number of halogens is 1. The number of likely N-dealkylation sites (tertiary alicyclic amines) is 1. The van der Waals surface area contributed by atoms with Crippen LogP contribution in [-0.2, 0) is 0 Å². The highest BCUT2D eigenvalue weighted by atomic mass is 32.2. The number of hydrogen-bond acceptors (Lipinski definition) is 3. The fourth-order valence-electron chi connectivity index (χ4n) is 4.73. The van der Waals surface area contributed by atoms with Crippen LogP contribution in [0.15, 0.2) is 66.7 Å². The lowest BCUT2D eigenvalue weighted by Gasteiger charge is -2.44. The molecule has 4 nitrogen and oxygen atoms in total. The van der Waals surface area contributed by atoms with Crippen LogP contribution in [0.25, 0.3) is 10.8 Å². The maximum atomic E-state index is 14.2. The van der Waals surface area contributed by atoms with Gasteiger partial charge in [-0.1, -0.05) is 48.5 Å². The first kappa shape index (κ1) is 20.1. The van der Waals surface area contributed by atoms with Gasteiger partial charge in [-0.15, -0.1) is 11.8 Å². The number of fused-ring (bicyclic) bond motifs is 1. The smallest absolute Gasteiger partial charge is 0.257 e. The molecule has 1 spiro atoms. The molecule has 3 aromatic carbocycles. The van der Waals surface area contributed by atoms with Gasteiger partial charge in [0.1, 0.15) is 5.82 Å². The highest BCUT2D eigenvalue weighted by molar-refractivity contribution is 8.00. The molecule has 31 heavy (non-hydrogen) atoms. The predicted molar refractivity (Wildman–Crippen MR) is 122 cm³/mol. The maximum absolute atomic E-state index is 14.2. The van der Waals surface area contributed by atoms with Crippen LogP contribution in [0.4, 0.5) is 4.39 Å². The van der Waals surface area contributed by atoms with Gasteiger partial charge in [-0.25, -0.2) is 4.39 Å². The van der Waals surface area contributed by atoms with Crippen LogP contribution in [0.5, 0.6) is 0 Å². The molecular weight excluding hydrogens is 411 g/mol. The molecule has 2 aliphatic heterocycles. The fraction of sp³-hybridized carbons (Fsp3) is 0.280. The van der Waals surface area contributed by atoms with Crippen molar-refractivity contribution in [1.82, 2.24) is 9.80 Å². The van der Waals surface area contributed by atoms with E-state index in [4.69, 9.17) is 0 Å². The Morgan fingerprint density at radius 1 is 0.806 bits per heavy atom. The van der Waals surface area contributed by atoms with Gasteiger partial charge in [0.25, 0.3) is 11.8 Å². The summed E-state index contributed by atoms with van der Waals surface area (Å²) in [6.07, 6.45) is 1.38. The van der Waals surface area contributed by atoms with Crippen LogP contribution in [0.2, 0.25) is 0 Å². The largest absolute Gasteiger partial charge is 0.338 e. The first-order valence-corrected chi connectivity index (χ1v) is 11.6. The summed E-state index contributed by atoms with van der Waals surface area (Å²) in [5, 5.41) is 2.01. The van der Waals surface area contributed by atoms with E-state index in [-0.39, 0.29) is 22.2 Å². The molecule has 0 atom stereocenters. The standard InChI is InChI=1S/C25H23FN2O2S/c26-22-11-4-3-9-21(22)24(30)28-16-17-31-25(28)12-14-27(15-13-25)23(29)20-10-5-7-18-6-1-2-8-19(18)20/h1-11H,12-17H2. The van der Waals surface area contributed by atoms with Crippen LogP contribution in [0.3, 0.4) is 0 Å². The Morgan fingerprint density at radius 3 is 2.29 bits per heavy atom. The number of hydrogen-bond donors (Lipinski definition) is 0. The van der Waals surface area contributed by atoms with E-state index in [1.54, 1.807) is 30.0 Å². The average molecular weight is 435 g/mol. The molecule has 0 N–H and O–H groups in total. The van der Waals surface area contributed by atoms with Gasteiger partial charge in [-0.3, -0.25) is 9.59 Å². The van der Waals surface area contributed by atoms with Gasteiger partial charge in [0.15, 0.2) is 0 Å². The summed E-state index contributed by atoms with van der Waals surface area (Å²) in [5.74, 6) is 0.124. The third-order valence-corrected chi connectivity index (χ3v) is 7.93. The summed E-state index contributed by atoms with van der Waals surface area (Å²) in [6.45, 7) is 1.77. The van der Waals surface area contributed by atoms with Crippen molar-refractivity contribution < 1.29 is 14.0 Å². The minimum Gasteiger partial charge on any atom is -0.338 e. The van der Waals surface area contributed by atoms with E-state index < -0.39 is 5.82 Å². The molecule has 2 amide bonds. The topological polar surface area (TPSA) is 40.6 Å². The van der Waals surface area contributed by atoms with Crippen molar-refractivity contribution in [3.63, 3.8) is 0 Å². The molecule has 0 saturated carbocycles. The molecule has 0 unspecified atom stereocenters. The molecule has 2 aliphatic rings. The fourth-order valence-corrected chi connectivity index (χ4v) is 6.19. The third-order valence-electron chi connectivity index (χ3n) is 6.38. The zero-order valence-corrected chi connectivity index (χ0v) is 17.9. The molecule has 3 aromatic rings. The maximum Gasteiger partial charge on any atom is 0.257 e. The quantitative estimate of drug-likeness (QED) is 0.582. The monoisotopic (exact) mass is 434 g/mol. The molecule has 0 aromatic heterocycles. The van der Waals surface area contributed by atoms with Gasteiger partial charge >= 0.3 is 0 Å². The number of carbonyl (C=O) groups excluding carboxylic acids is 2. The molecule has 2 heterocycles. The summed E-state index contributed by atoms with van der Waals surface area (Å²) in [5.41, 5.74) is 0.839. The van der Waals surface area contributed by atoms with E-state index in [9.17, 15) is 14.0 Å². The molecule has 2 saturated heterocycles. The van der Waals surface area contributed by atoms with Crippen LogP contribution in [0, 0.1) is 5.82 Å². The summed E-state index contributed by atoms with van der Waals surface area (Å²) in [4.78, 5) is 29.8. The Labute approximate surface area is 185 Å². The lowest BCUT2D eigenvalue weighted by molar-refractivity contribution is 0.0496. The molecule has 158 valence electrons. The van der Waals surface area contributed by atoms with Gasteiger partial charge in [0.2, 0.25) is 0 Å². The second kappa shape index (κ2) is 8.00. The Kier molecular flexibility index (Phi) is 5.18. The van der Waals surface area contributed by atoms with Crippen LogP contribution < -0.4 is 0 Å². The average Bonchev–Trinajstić information content (AvgIpc) is 3.21. The van der Waals surface area contributed by atoms with Gasteiger partial charge in [-0.05, 0) is 41.8 Å². The Hall–Kier alpha value is -2.86. The molecule has 0 bridgehead atoms. The second-order valence-corrected chi connectivity index (χ2v) is 9.51. The van der Waals surface area contributed by atoms with E-state index in [0.29, 0.717) is 38.0 Å². The van der Waals surface area contributed by atoms with Crippen molar-refractivity contribution in [3.8, 4) is 0 Å². The number of benzene rings is 3. The van der Waals surface area contributed by atoms with Crippen molar-refractivity contribution in [2.45, 2.75) is 17.7 Å². The summed E-state index contributed by atoms with van der Waals surface area (Å²) in [6, 6.07) is 19.9. The summed E-state index contributed by atoms with van der Waals surface area (Å²) >= 11 is 1.76. The Balaban J connectivity index is 1.35. The molecule has 5 rings (SSSR count). The van der Waals surface area contributed by atoms with Crippen molar-refractivity contribution in [3.05, 3.63) is 83.7 Å². The van der Waals surface area contributed by atoms with Gasteiger partial charge in [-0.2, -0.15) is 0 Å². The molecular formula is C25H23FN2O2S. The normalized spacial score (nSPS) is 18.0. The van der Waals surface area contributed by atoms with Crippen molar-refractivity contribution in [2.24, 2.45) is 0 Å². The molecule has 6 heteroatoms. The lowest BCUT2D eigenvalue weighted by Crippen LogP contribution is -2.53. The third kappa shape index (κ3) is 3.49. The minimum absolute atomic E-state index is 0.0293. The lowest BCUT2D eigenvalue weighted by atomic mass is 9.98. The highest BCUT2D eigenvalue weighted by Gasteiger charge is 2.47. The number of rotatable bonds is 2. The Morgan fingerprint density at radius 2 is 1.48 bits per heavy atom. The summed E-state index contributed by atoms with van der Waals surface area (Å²) in [7, 11) is 0. The van der Waals surface area contributed by atoms with Crippen LogP contribution in [0.1, 0.15) is 33.6 Å². The predicted octanol–water partition coefficient (Wildman–Crippen LogP) is 4.80. The summed E-state index contributed by atoms with van der Waals surface area (Å²) < 4.78 is 14.2. The van der Waals surface area contributed by atoms with Crippen molar-refractivity contribution in [1.29, 1.82) is 0 Å². The zero-order chi connectivity index (χ0) is 21.4. The number of nitrogens with zero attached hydrogens (tertiary/aromatic N) is 2.